The van der Waals surface area contributed by atoms with Crippen molar-refractivity contribution in [1.82, 2.24) is 0 Å². The van der Waals surface area contributed by atoms with E-state index >= 15 is 0 Å². The first-order valence-electron chi connectivity index (χ1n) is 10.1. The molecule has 0 spiro atoms. The van der Waals surface area contributed by atoms with Crippen LogP contribution in [0.15, 0.2) is 24.3 Å². The summed E-state index contributed by atoms with van der Waals surface area (Å²) >= 11 is 1.18. The summed E-state index contributed by atoms with van der Waals surface area (Å²) in [6.45, 7) is 3.59. The number of halogens is 1. The van der Waals surface area contributed by atoms with Crippen LogP contribution in [0.25, 0.3) is 11.1 Å². The van der Waals surface area contributed by atoms with Crippen molar-refractivity contribution in [1.29, 1.82) is 0 Å². The number of hydrogen-bond donors (Lipinski definition) is 1. The third-order valence-corrected chi connectivity index (χ3v) is 6.80. The van der Waals surface area contributed by atoms with E-state index in [1.165, 1.54) is 23.5 Å². The molecule has 1 amide bonds. The second-order valence-electron chi connectivity index (χ2n) is 7.61. The Kier molecular flexibility index (Phi) is 5.81. The number of aliphatic carboxylic acids is 1. The zero-order valence-electron chi connectivity index (χ0n) is 17.0. The van der Waals surface area contributed by atoms with Gasteiger partial charge in [-0.15, -0.1) is 11.3 Å². The van der Waals surface area contributed by atoms with Crippen LogP contribution in [0.5, 0.6) is 0 Å². The zero-order valence-corrected chi connectivity index (χ0v) is 17.8. The number of nitrogens with one attached hydrogen (secondary N) is 1. The van der Waals surface area contributed by atoms with Gasteiger partial charge in [0.25, 0.3) is 0 Å². The molecule has 9 heteroatoms. The summed E-state index contributed by atoms with van der Waals surface area (Å²) in [6, 6.07) is 5.68. The summed E-state index contributed by atoms with van der Waals surface area (Å²) in [4.78, 5) is 38.2. The minimum Gasteiger partial charge on any atom is -0.550 e. The van der Waals surface area contributed by atoms with Gasteiger partial charge in [0.05, 0.1) is 24.7 Å². The molecule has 164 valence electrons. The Hall–Kier alpha value is -2.78. The molecule has 0 unspecified atom stereocenters. The Bertz CT molecular complexity index is 1030. The van der Waals surface area contributed by atoms with Crippen LogP contribution in [0.4, 0.5) is 9.39 Å². The van der Waals surface area contributed by atoms with Gasteiger partial charge in [-0.2, -0.15) is 0 Å². The Balaban J connectivity index is 1.70. The normalized spacial score (nSPS) is 24.2. The van der Waals surface area contributed by atoms with Crippen LogP contribution in [0.1, 0.15) is 35.0 Å². The number of esters is 1. The summed E-state index contributed by atoms with van der Waals surface area (Å²) in [7, 11) is 0. The number of carbonyl (C=O) groups is 3. The summed E-state index contributed by atoms with van der Waals surface area (Å²) in [5, 5.41) is 14.6. The lowest BCUT2D eigenvalue weighted by Crippen LogP contribution is -2.46. The van der Waals surface area contributed by atoms with Crippen LogP contribution in [0.2, 0.25) is 0 Å². The number of ether oxygens (including phenoxy) is 2. The molecule has 1 N–H and O–H groups in total. The molecule has 7 nitrogen and oxygen atoms in total. The lowest BCUT2D eigenvalue weighted by atomic mass is 9.78. The fourth-order valence-electron chi connectivity index (χ4n) is 4.50. The standard InChI is InChI=1S/C22H22FNO6S/c1-3-29-22(28)18-15(11-4-6-12(23)7-5-11)10(2)31-20(18)24-19(25)16-13-8-9-14(30-13)17(16)21(26)27/h4-7,13-14,16-17H,3,8-9H2,1-2H3,(H,24,25)(H,26,27)/p-1/t13-,14+,16-,17-/m0/s1. The summed E-state index contributed by atoms with van der Waals surface area (Å²) in [5.74, 6) is -4.79. The smallest absolute Gasteiger partial charge is 0.341 e. The number of hydrogen-bond acceptors (Lipinski definition) is 7. The van der Waals surface area contributed by atoms with E-state index in [0.717, 1.165) is 4.88 Å². The van der Waals surface area contributed by atoms with Crippen LogP contribution in [-0.4, -0.2) is 36.7 Å². The fraction of sp³-hybridized carbons (Fsp3) is 0.409. The molecule has 2 aliphatic rings. The molecule has 2 aliphatic heterocycles. The van der Waals surface area contributed by atoms with Crippen molar-refractivity contribution in [2.45, 2.75) is 38.9 Å². The maximum atomic E-state index is 13.4. The van der Waals surface area contributed by atoms with Gasteiger partial charge in [0.1, 0.15) is 16.4 Å². The van der Waals surface area contributed by atoms with E-state index in [1.54, 1.807) is 26.0 Å². The number of benzene rings is 1. The number of fused-ring (bicyclic) bond motifs is 2. The number of amides is 1. The number of carbonyl (C=O) groups excluding carboxylic acids is 3. The Morgan fingerprint density at radius 3 is 2.45 bits per heavy atom. The van der Waals surface area contributed by atoms with Crippen LogP contribution < -0.4 is 10.4 Å². The molecule has 0 radical (unpaired) electrons. The number of carboxylic acids is 1. The fourth-order valence-corrected chi connectivity index (χ4v) is 5.57. The predicted molar refractivity (Wildman–Crippen MR) is 109 cm³/mol. The second kappa shape index (κ2) is 8.39. The molecule has 2 aromatic rings. The molecule has 2 fully saturated rings. The summed E-state index contributed by atoms with van der Waals surface area (Å²) < 4.78 is 24.2. The first kappa shape index (κ1) is 21.5. The molecule has 4 atom stereocenters. The molecule has 31 heavy (non-hydrogen) atoms. The molecule has 1 aromatic carbocycles. The van der Waals surface area contributed by atoms with Crippen molar-refractivity contribution in [3.05, 3.63) is 40.5 Å². The highest BCUT2D eigenvalue weighted by atomic mass is 32.1. The van der Waals surface area contributed by atoms with Gasteiger partial charge in [0.2, 0.25) is 5.91 Å². The van der Waals surface area contributed by atoms with E-state index in [1.807, 2.05) is 0 Å². The average molecular weight is 446 g/mol. The maximum Gasteiger partial charge on any atom is 0.341 e. The number of thiophene rings is 1. The lowest BCUT2D eigenvalue weighted by Gasteiger charge is -2.27. The van der Waals surface area contributed by atoms with E-state index in [2.05, 4.69) is 5.32 Å². The van der Waals surface area contributed by atoms with Crippen molar-refractivity contribution in [2.75, 3.05) is 11.9 Å². The van der Waals surface area contributed by atoms with Crippen LogP contribution in [-0.2, 0) is 19.1 Å². The van der Waals surface area contributed by atoms with Gasteiger partial charge in [0, 0.05) is 22.3 Å². The monoisotopic (exact) mass is 446 g/mol. The summed E-state index contributed by atoms with van der Waals surface area (Å²) in [5.41, 5.74) is 1.31. The van der Waals surface area contributed by atoms with Gasteiger partial charge < -0.3 is 24.7 Å². The molecular weight excluding hydrogens is 425 g/mol. The van der Waals surface area contributed by atoms with Gasteiger partial charge in [-0.1, -0.05) is 12.1 Å². The van der Waals surface area contributed by atoms with Gasteiger partial charge in [-0.3, -0.25) is 4.79 Å². The maximum absolute atomic E-state index is 13.4. The first-order chi connectivity index (χ1) is 14.8. The number of anilines is 1. The third kappa shape index (κ3) is 3.83. The topological polar surface area (TPSA) is 105 Å². The highest BCUT2D eigenvalue weighted by Crippen LogP contribution is 2.45. The molecular formula is C22H21FNO6S-. The molecule has 0 aliphatic carbocycles. The Morgan fingerprint density at radius 2 is 1.84 bits per heavy atom. The minimum absolute atomic E-state index is 0.136. The highest BCUT2D eigenvalue weighted by molar-refractivity contribution is 7.17. The molecule has 4 rings (SSSR count). The molecule has 1 aromatic heterocycles. The van der Waals surface area contributed by atoms with Gasteiger partial charge in [-0.25, -0.2) is 9.18 Å². The van der Waals surface area contributed by atoms with Crippen molar-refractivity contribution in [3.63, 3.8) is 0 Å². The van der Waals surface area contributed by atoms with Gasteiger partial charge in [0.15, 0.2) is 0 Å². The zero-order chi connectivity index (χ0) is 22.3. The predicted octanol–water partition coefficient (Wildman–Crippen LogP) is 2.52. The van der Waals surface area contributed by atoms with E-state index in [0.29, 0.717) is 24.0 Å². The average Bonchev–Trinajstić information content (AvgIpc) is 3.41. The first-order valence-corrected chi connectivity index (χ1v) is 10.9. The lowest BCUT2D eigenvalue weighted by molar-refractivity contribution is -0.313. The Morgan fingerprint density at radius 1 is 1.19 bits per heavy atom. The van der Waals surface area contributed by atoms with Crippen molar-refractivity contribution >= 4 is 34.2 Å². The van der Waals surface area contributed by atoms with E-state index in [9.17, 15) is 23.9 Å². The Labute approximate surface area is 182 Å². The van der Waals surface area contributed by atoms with Crippen molar-refractivity contribution in [3.8, 4) is 11.1 Å². The number of aryl methyl sites for hydroxylation is 1. The molecule has 2 saturated heterocycles. The SMILES string of the molecule is CCOC(=O)c1c(NC(=O)[C@@H]2[C@@H](C(=O)[O-])[C@H]3CC[C@@H]2O3)sc(C)c1-c1ccc(F)cc1. The van der Waals surface area contributed by atoms with E-state index in [-0.39, 0.29) is 17.2 Å². The number of carboxylic acid groups (broad SMARTS) is 1. The largest absolute Gasteiger partial charge is 0.550 e. The van der Waals surface area contributed by atoms with Crippen molar-refractivity contribution in [2.24, 2.45) is 11.8 Å². The van der Waals surface area contributed by atoms with Crippen LogP contribution in [0, 0.1) is 24.6 Å². The van der Waals surface area contributed by atoms with E-state index < -0.39 is 47.7 Å². The van der Waals surface area contributed by atoms with Crippen LogP contribution >= 0.6 is 11.3 Å². The van der Waals surface area contributed by atoms with E-state index in [4.69, 9.17) is 9.47 Å². The third-order valence-electron chi connectivity index (χ3n) is 5.78. The van der Waals surface area contributed by atoms with Crippen LogP contribution in [0.3, 0.4) is 0 Å². The quantitative estimate of drug-likeness (QED) is 0.684. The molecule has 2 bridgehead atoms. The highest BCUT2D eigenvalue weighted by Gasteiger charge is 2.53. The van der Waals surface area contributed by atoms with Gasteiger partial charge >= 0.3 is 5.97 Å². The minimum atomic E-state index is -1.31. The summed E-state index contributed by atoms with van der Waals surface area (Å²) in [6.07, 6.45) is 0.155. The molecule has 3 heterocycles. The number of rotatable bonds is 6. The molecule has 0 saturated carbocycles. The second-order valence-corrected chi connectivity index (χ2v) is 8.84. The van der Waals surface area contributed by atoms with Gasteiger partial charge in [-0.05, 0) is 44.4 Å². The van der Waals surface area contributed by atoms with Crippen molar-refractivity contribution < 1.29 is 33.4 Å².